The van der Waals surface area contributed by atoms with Gasteiger partial charge in [-0.05, 0) is 42.3 Å². The Morgan fingerprint density at radius 3 is 2.70 bits per heavy atom. The maximum Gasteiger partial charge on any atom is 0.160 e. The van der Waals surface area contributed by atoms with E-state index in [1.165, 1.54) is 16.6 Å². The van der Waals surface area contributed by atoms with Crippen LogP contribution in [-0.4, -0.2) is 23.7 Å². The molecule has 2 aromatic carbocycles. The van der Waals surface area contributed by atoms with Gasteiger partial charge in [-0.15, -0.1) is 12.4 Å². The van der Waals surface area contributed by atoms with Crippen LogP contribution in [0.3, 0.4) is 0 Å². The number of para-hydroxylation sites is 1. The normalized spacial score (nSPS) is 10.5. The standard InChI is InChI=1S/C18H20N2O2.ClH/c1-22-18-11-12(6-7-17(18)21)10-16-14(8-9-19)13-4-2-3-5-15(13)20-16;/h2-7,11,20-21H,8-10,19H2,1H3;1H. The molecule has 4 N–H and O–H groups in total. The number of methoxy groups -OCH3 is 1. The number of aromatic hydroxyl groups is 1. The van der Waals surface area contributed by atoms with Gasteiger partial charge in [-0.3, -0.25) is 0 Å². The van der Waals surface area contributed by atoms with Gasteiger partial charge in [0.2, 0.25) is 0 Å². The van der Waals surface area contributed by atoms with E-state index in [1.54, 1.807) is 13.2 Å². The molecule has 3 aromatic rings. The SMILES string of the molecule is COc1cc(Cc2[nH]c3ccccc3c2CCN)ccc1O.Cl. The predicted octanol–water partition coefficient (Wildman–Crippen LogP) is 3.40. The molecule has 0 fully saturated rings. The minimum absolute atomic E-state index is 0. The minimum Gasteiger partial charge on any atom is -0.504 e. The summed E-state index contributed by atoms with van der Waals surface area (Å²) in [5, 5.41) is 10.9. The number of nitrogens with two attached hydrogens (primary N) is 1. The Balaban J connectivity index is 0.00000192. The van der Waals surface area contributed by atoms with Crippen molar-refractivity contribution >= 4 is 23.3 Å². The van der Waals surface area contributed by atoms with E-state index in [9.17, 15) is 5.11 Å². The molecule has 0 aliphatic rings. The van der Waals surface area contributed by atoms with Crippen molar-refractivity contribution in [3.8, 4) is 11.5 Å². The van der Waals surface area contributed by atoms with Crippen LogP contribution < -0.4 is 10.5 Å². The second-order valence-electron chi connectivity index (χ2n) is 5.35. The fourth-order valence-electron chi connectivity index (χ4n) is 2.87. The number of ether oxygens (including phenoxy) is 1. The van der Waals surface area contributed by atoms with Crippen molar-refractivity contribution in [1.82, 2.24) is 4.98 Å². The van der Waals surface area contributed by atoms with Gasteiger partial charge < -0.3 is 20.6 Å². The van der Waals surface area contributed by atoms with Crippen molar-refractivity contribution in [1.29, 1.82) is 0 Å². The van der Waals surface area contributed by atoms with Crippen molar-refractivity contribution < 1.29 is 9.84 Å². The Morgan fingerprint density at radius 1 is 1.17 bits per heavy atom. The number of rotatable bonds is 5. The van der Waals surface area contributed by atoms with Crippen LogP contribution >= 0.6 is 12.4 Å². The first-order valence-electron chi connectivity index (χ1n) is 7.37. The Labute approximate surface area is 141 Å². The Bertz CT molecular complexity index is 799. The quantitative estimate of drug-likeness (QED) is 0.670. The van der Waals surface area contributed by atoms with Crippen LogP contribution in [-0.2, 0) is 12.8 Å². The summed E-state index contributed by atoms with van der Waals surface area (Å²) in [5.41, 5.74) is 10.4. The van der Waals surface area contributed by atoms with Crippen LogP contribution in [0.5, 0.6) is 11.5 Å². The average molecular weight is 333 g/mol. The van der Waals surface area contributed by atoms with Gasteiger partial charge >= 0.3 is 0 Å². The minimum atomic E-state index is 0. The van der Waals surface area contributed by atoms with Crippen LogP contribution in [0.1, 0.15) is 16.8 Å². The predicted molar refractivity (Wildman–Crippen MR) is 95.8 cm³/mol. The molecule has 0 spiro atoms. The van der Waals surface area contributed by atoms with Crippen molar-refractivity contribution in [3.63, 3.8) is 0 Å². The maximum atomic E-state index is 9.70. The third kappa shape index (κ3) is 3.44. The number of fused-ring (bicyclic) bond motifs is 1. The van der Waals surface area contributed by atoms with E-state index in [1.807, 2.05) is 24.3 Å². The van der Waals surface area contributed by atoms with Gasteiger partial charge in [-0.25, -0.2) is 0 Å². The maximum absolute atomic E-state index is 9.70. The van der Waals surface area contributed by atoms with Crippen LogP contribution in [0.4, 0.5) is 0 Å². The number of phenolic OH excluding ortho intramolecular Hbond substituents is 1. The van der Waals surface area contributed by atoms with Gasteiger partial charge in [0.15, 0.2) is 11.5 Å². The Hall–Kier alpha value is -2.17. The molecule has 0 saturated heterocycles. The summed E-state index contributed by atoms with van der Waals surface area (Å²) >= 11 is 0. The zero-order valence-corrected chi connectivity index (χ0v) is 13.8. The monoisotopic (exact) mass is 332 g/mol. The van der Waals surface area contributed by atoms with Crippen molar-refractivity contribution in [3.05, 3.63) is 59.3 Å². The highest BCUT2D eigenvalue weighted by molar-refractivity contribution is 5.85. The highest BCUT2D eigenvalue weighted by atomic mass is 35.5. The molecule has 1 aromatic heterocycles. The summed E-state index contributed by atoms with van der Waals surface area (Å²) < 4.78 is 5.18. The molecular formula is C18H21ClN2O2. The average Bonchev–Trinajstić information content (AvgIpc) is 2.87. The Morgan fingerprint density at radius 2 is 1.96 bits per heavy atom. The number of aromatic amines is 1. The fraction of sp³-hybridized carbons (Fsp3) is 0.222. The molecule has 122 valence electrons. The fourth-order valence-corrected chi connectivity index (χ4v) is 2.87. The second-order valence-corrected chi connectivity index (χ2v) is 5.35. The molecule has 0 atom stereocenters. The summed E-state index contributed by atoms with van der Waals surface area (Å²) in [6.07, 6.45) is 1.59. The lowest BCUT2D eigenvalue weighted by Crippen LogP contribution is -2.05. The number of hydrogen-bond donors (Lipinski definition) is 3. The van der Waals surface area contributed by atoms with Gasteiger partial charge in [0.05, 0.1) is 7.11 Å². The lowest BCUT2D eigenvalue weighted by atomic mass is 10.0. The molecule has 0 aliphatic carbocycles. The van der Waals surface area contributed by atoms with E-state index < -0.39 is 0 Å². The lowest BCUT2D eigenvalue weighted by molar-refractivity contribution is 0.373. The summed E-state index contributed by atoms with van der Waals surface area (Å²) in [4.78, 5) is 3.49. The summed E-state index contributed by atoms with van der Waals surface area (Å²) in [6, 6.07) is 13.7. The first-order valence-corrected chi connectivity index (χ1v) is 7.37. The van der Waals surface area contributed by atoms with E-state index in [4.69, 9.17) is 10.5 Å². The zero-order chi connectivity index (χ0) is 15.5. The first-order chi connectivity index (χ1) is 10.7. The molecule has 5 heteroatoms. The number of hydrogen-bond acceptors (Lipinski definition) is 3. The van der Waals surface area contributed by atoms with E-state index in [2.05, 4.69) is 17.1 Å². The van der Waals surface area contributed by atoms with E-state index in [0.717, 1.165) is 23.9 Å². The largest absolute Gasteiger partial charge is 0.504 e. The number of phenols is 1. The molecular weight excluding hydrogens is 312 g/mol. The molecule has 0 saturated carbocycles. The molecule has 0 unspecified atom stereocenters. The van der Waals surface area contributed by atoms with Crippen LogP contribution in [0, 0.1) is 0 Å². The number of halogens is 1. The number of nitrogens with one attached hydrogen (secondary N) is 1. The van der Waals surface area contributed by atoms with Crippen LogP contribution in [0.25, 0.3) is 10.9 Å². The van der Waals surface area contributed by atoms with Crippen molar-refractivity contribution in [2.45, 2.75) is 12.8 Å². The topological polar surface area (TPSA) is 71.3 Å². The van der Waals surface area contributed by atoms with Crippen LogP contribution in [0.15, 0.2) is 42.5 Å². The highest BCUT2D eigenvalue weighted by Crippen LogP contribution is 2.29. The number of H-pyrrole nitrogens is 1. The molecule has 0 aliphatic heterocycles. The number of benzene rings is 2. The van der Waals surface area contributed by atoms with Gasteiger partial charge in [-0.1, -0.05) is 24.3 Å². The van der Waals surface area contributed by atoms with Crippen molar-refractivity contribution in [2.24, 2.45) is 5.73 Å². The molecule has 0 amide bonds. The number of aromatic nitrogens is 1. The summed E-state index contributed by atoms with van der Waals surface area (Å²) in [5.74, 6) is 0.652. The van der Waals surface area contributed by atoms with E-state index in [0.29, 0.717) is 12.3 Å². The van der Waals surface area contributed by atoms with Gasteiger partial charge in [0.1, 0.15) is 0 Å². The van der Waals surface area contributed by atoms with Crippen molar-refractivity contribution in [2.75, 3.05) is 13.7 Å². The zero-order valence-electron chi connectivity index (χ0n) is 13.0. The second kappa shape index (κ2) is 7.40. The lowest BCUT2D eigenvalue weighted by Gasteiger charge is -2.08. The van der Waals surface area contributed by atoms with Gasteiger partial charge in [-0.2, -0.15) is 0 Å². The molecule has 0 bridgehead atoms. The third-order valence-corrected chi connectivity index (χ3v) is 3.92. The molecule has 3 rings (SSSR count). The van der Waals surface area contributed by atoms with Gasteiger partial charge in [0, 0.05) is 23.0 Å². The molecule has 0 radical (unpaired) electrons. The van der Waals surface area contributed by atoms with E-state index in [-0.39, 0.29) is 18.2 Å². The molecule has 23 heavy (non-hydrogen) atoms. The third-order valence-electron chi connectivity index (χ3n) is 3.92. The highest BCUT2D eigenvalue weighted by Gasteiger charge is 2.12. The van der Waals surface area contributed by atoms with Crippen LogP contribution in [0.2, 0.25) is 0 Å². The first kappa shape index (κ1) is 17.2. The summed E-state index contributed by atoms with van der Waals surface area (Å²) in [7, 11) is 1.56. The summed E-state index contributed by atoms with van der Waals surface area (Å²) in [6.45, 7) is 0.619. The molecule has 4 nitrogen and oxygen atoms in total. The van der Waals surface area contributed by atoms with Gasteiger partial charge in [0.25, 0.3) is 0 Å². The molecule has 1 heterocycles. The smallest absolute Gasteiger partial charge is 0.160 e. The van der Waals surface area contributed by atoms with E-state index >= 15 is 0 Å². The Kier molecular flexibility index (Phi) is 5.53.